The molecule has 1 aromatic carbocycles. The Hall–Kier alpha value is -1.36. The molecule has 2 N–H and O–H groups in total. The van der Waals surface area contributed by atoms with Crippen molar-refractivity contribution in [3.8, 4) is 0 Å². The summed E-state index contributed by atoms with van der Waals surface area (Å²) in [5, 5.41) is 5.96. The Bertz CT molecular complexity index is 546. The normalized spacial score (nSPS) is 19.1. The van der Waals surface area contributed by atoms with E-state index in [0.717, 1.165) is 15.6 Å². The van der Waals surface area contributed by atoms with E-state index in [1.54, 1.807) is 0 Å². The highest BCUT2D eigenvalue weighted by Gasteiger charge is 2.30. The molecule has 1 aliphatic heterocycles. The average molecular weight is 324 g/mol. The van der Waals surface area contributed by atoms with Gasteiger partial charge in [-0.25, -0.2) is 4.99 Å². The minimum absolute atomic E-state index is 0.101. The third-order valence-electron chi connectivity index (χ3n) is 2.69. The van der Waals surface area contributed by atoms with Crippen LogP contribution >= 0.6 is 15.9 Å². The van der Waals surface area contributed by atoms with Gasteiger partial charge in [-0.1, -0.05) is 28.1 Å². The van der Waals surface area contributed by atoms with Crippen LogP contribution in [0.3, 0.4) is 0 Å². The summed E-state index contributed by atoms with van der Waals surface area (Å²) in [4.78, 5) is 16.5. The van der Waals surface area contributed by atoms with Crippen molar-refractivity contribution in [1.29, 1.82) is 0 Å². The fourth-order valence-electron chi connectivity index (χ4n) is 1.89. The van der Waals surface area contributed by atoms with Crippen molar-refractivity contribution < 1.29 is 4.79 Å². The zero-order valence-corrected chi connectivity index (χ0v) is 13.1. The zero-order chi connectivity index (χ0) is 14.2. The van der Waals surface area contributed by atoms with Crippen LogP contribution in [0.2, 0.25) is 0 Å². The lowest BCUT2D eigenvalue weighted by molar-refractivity contribution is -0.120. The fraction of sp³-hybridized carbons (Fsp3) is 0.429. The minimum Gasteiger partial charge on any atom is -0.351 e. The van der Waals surface area contributed by atoms with Crippen molar-refractivity contribution in [3.05, 3.63) is 33.8 Å². The zero-order valence-electron chi connectivity index (χ0n) is 11.5. The van der Waals surface area contributed by atoms with E-state index in [1.807, 2.05) is 45.9 Å². The van der Waals surface area contributed by atoms with E-state index in [2.05, 4.69) is 31.6 Å². The van der Waals surface area contributed by atoms with Crippen molar-refractivity contribution in [2.45, 2.75) is 39.3 Å². The van der Waals surface area contributed by atoms with Crippen molar-refractivity contribution >= 4 is 27.8 Å². The fourth-order valence-corrected chi connectivity index (χ4v) is 2.60. The SMILES string of the molecule is Cc1ccc(C2N=C(NC(C)(C)C)NC2=O)c(Br)c1. The molecule has 1 atom stereocenters. The molecule has 2 rings (SSSR count). The number of halogens is 1. The van der Waals surface area contributed by atoms with E-state index in [-0.39, 0.29) is 11.4 Å². The van der Waals surface area contributed by atoms with E-state index < -0.39 is 6.04 Å². The van der Waals surface area contributed by atoms with Crippen molar-refractivity contribution in [1.82, 2.24) is 10.6 Å². The van der Waals surface area contributed by atoms with Gasteiger partial charge in [0, 0.05) is 15.6 Å². The highest BCUT2D eigenvalue weighted by molar-refractivity contribution is 9.10. The monoisotopic (exact) mass is 323 g/mol. The lowest BCUT2D eigenvalue weighted by Crippen LogP contribution is -2.46. The first-order chi connectivity index (χ1) is 8.76. The molecule has 1 aliphatic rings. The summed E-state index contributed by atoms with van der Waals surface area (Å²) >= 11 is 3.50. The second-order valence-corrected chi connectivity index (χ2v) is 6.62. The maximum atomic E-state index is 12.0. The van der Waals surface area contributed by atoms with Crippen LogP contribution in [0.15, 0.2) is 27.7 Å². The molecular weight excluding hydrogens is 306 g/mol. The molecule has 1 amide bonds. The lowest BCUT2D eigenvalue weighted by Gasteiger charge is -2.21. The van der Waals surface area contributed by atoms with Crippen LogP contribution in [0.5, 0.6) is 0 Å². The van der Waals surface area contributed by atoms with Crippen LogP contribution in [0.4, 0.5) is 0 Å². The Balaban J connectivity index is 2.27. The molecule has 0 radical (unpaired) electrons. The molecule has 1 heterocycles. The third kappa shape index (κ3) is 3.35. The van der Waals surface area contributed by atoms with Crippen LogP contribution in [0.1, 0.15) is 37.9 Å². The number of nitrogens with zero attached hydrogens (tertiary/aromatic N) is 1. The molecule has 0 saturated carbocycles. The Morgan fingerprint density at radius 3 is 2.63 bits per heavy atom. The Kier molecular flexibility index (Phi) is 3.67. The van der Waals surface area contributed by atoms with E-state index in [4.69, 9.17) is 0 Å². The van der Waals surface area contributed by atoms with Gasteiger partial charge in [-0.2, -0.15) is 0 Å². The molecule has 0 fully saturated rings. The van der Waals surface area contributed by atoms with Crippen LogP contribution < -0.4 is 10.6 Å². The molecule has 5 heteroatoms. The van der Waals surface area contributed by atoms with E-state index in [0.29, 0.717) is 5.96 Å². The number of guanidine groups is 1. The molecule has 4 nitrogen and oxygen atoms in total. The molecule has 0 aromatic heterocycles. The molecule has 102 valence electrons. The Morgan fingerprint density at radius 2 is 2.05 bits per heavy atom. The van der Waals surface area contributed by atoms with Crippen molar-refractivity contribution in [2.24, 2.45) is 4.99 Å². The number of aliphatic imine (C=N–C) groups is 1. The Morgan fingerprint density at radius 1 is 1.37 bits per heavy atom. The number of hydrogen-bond acceptors (Lipinski definition) is 3. The maximum Gasteiger partial charge on any atom is 0.256 e. The number of hydrogen-bond donors (Lipinski definition) is 2. The third-order valence-corrected chi connectivity index (χ3v) is 3.38. The first kappa shape index (κ1) is 14.1. The summed E-state index contributed by atoms with van der Waals surface area (Å²) < 4.78 is 0.911. The summed E-state index contributed by atoms with van der Waals surface area (Å²) in [5.74, 6) is 0.436. The number of carbonyl (C=O) groups excluding carboxylic acids is 1. The number of carbonyl (C=O) groups is 1. The second-order valence-electron chi connectivity index (χ2n) is 5.77. The van der Waals surface area contributed by atoms with Gasteiger partial charge in [0.15, 0.2) is 12.0 Å². The Labute approximate surface area is 121 Å². The molecule has 0 bridgehead atoms. The van der Waals surface area contributed by atoms with Crippen LogP contribution in [0.25, 0.3) is 0 Å². The van der Waals surface area contributed by atoms with Gasteiger partial charge in [-0.3, -0.25) is 10.1 Å². The van der Waals surface area contributed by atoms with Gasteiger partial charge in [0.2, 0.25) is 0 Å². The van der Waals surface area contributed by atoms with Gasteiger partial charge in [0.1, 0.15) is 0 Å². The minimum atomic E-state index is -0.486. The second kappa shape index (κ2) is 4.96. The van der Waals surface area contributed by atoms with Crippen LogP contribution in [-0.2, 0) is 4.79 Å². The molecule has 1 unspecified atom stereocenters. The van der Waals surface area contributed by atoms with Gasteiger partial charge in [-0.15, -0.1) is 0 Å². The van der Waals surface area contributed by atoms with Gasteiger partial charge < -0.3 is 5.32 Å². The molecule has 1 aromatic rings. The van der Waals surface area contributed by atoms with Gasteiger partial charge >= 0.3 is 0 Å². The van der Waals surface area contributed by atoms with E-state index in [1.165, 1.54) is 0 Å². The maximum absolute atomic E-state index is 12.0. The average Bonchev–Trinajstić information content (AvgIpc) is 2.56. The van der Waals surface area contributed by atoms with E-state index in [9.17, 15) is 4.79 Å². The first-order valence-corrected chi connectivity index (χ1v) is 6.98. The van der Waals surface area contributed by atoms with Crippen LogP contribution in [0, 0.1) is 6.92 Å². The summed E-state index contributed by atoms with van der Waals surface area (Å²) in [5.41, 5.74) is 1.89. The van der Waals surface area contributed by atoms with E-state index >= 15 is 0 Å². The number of nitrogens with one attached hydrogen (secondary N) is 2. The molecule has 0 spiro atoms. The van der Waals surface area contributed by atoms with Crippen molar-refractivity contribution in [3.63, 3.8) is 0 Å². The summed E-state index contributed by atoms with van der Waals surface area (Å²) in [6, 6.07) is 5.43. The highest BCUT2D eigenvalue weighted by atomic mass is 79.9. The summed E-state index contributed by atoms with van der Waals surface area (Å²) in [6.07, 6.45) is 0. The standard InChI is InChI=1S/C14H18BrN3O/c1-8-5-6-9(10(15)7-8)11-12(19)17-13(16-11)18-14(2,3)4/h5-7,11H,1-4H3,(H2,16,17,18,19). The summed E-state index contributed by atoms with van der Waals surface area (Å²) in [6.45, 7) is 8.09. The predicted molar refractivity (Wildman–Crippen MR) is 80.1 cm³/mol. The topological polar surface area (TPSA) is 53.5 Å². The smallest absolute Gasteiger partial charge is 0.256 e. The molecule has 19 heavy (non-hydrogen) atoms. The number of benzene rings is 1. The quantitative estimate of drug-likeness (QED) is 0.834. The highest BCUT2D eigenvalue weighted by Crippen LogP contribution is 2.29. The lowest BCUT2D eigenvalue weighted by atomic mass is 10.1. The number of rotatable bonds is 1. The van der Waals surface area contributed by atoms with Crippen LogP contribution in [-0.4, -0.2) is 17.4 Å². The number of aryl methyl sites for hydroxylation is 1. The summed E-state index contributed by atoms with van der Waals surface area (Å²) in [7, 11) is 0. The molecular formula is C14H18BrN3O. The van der Waals surface area contributed by atoms with Crippen molar-refractivity contribution in [2.75, 3.05) is 0 Å². The van der Waals surface area contributed by atoms with Gasteiger partial charge in [-0.05, 0) is 39.3 Å². The van der Waals surface area contributed by atoms with Gasteiger partial charge in [0.25, 0.3) is 5.91 Å². The first-order valence-electron chi connectivity index (χ1n) is 6.19. The number of amides is 1. The molecule has 0 saturated heterocycles. The van der Waals surface area contributed by atoms with Gasteiger partial charge in [0.05, 0.1) is 0 Å². The predicted octanol–water partition coefficient (Wildman–Crippen LogP) is 2.67. The largest absolute Gasteiger partial charge is 0.351 e. The molecule has 0 aliphatic carbocycles.